The summed E-state index contributed by atoms with van der Waals surface area (Å²) in [6, 6.07) is 24.4. The largest absolute Gasteiger partial charge is 0.268 e. The van der Waals surface area contributed by atoms with Crippen LogP contribution in [0.25, 0.3) is 5.70 Å². The lowest BCUT2D eigenvalue weighted by Crippen LogP contribution is -2.53. The van der Waals surface area contributed by atoms with E-state index in [1.807, 2.05) is 32.0 Å². The first-order chi connectivity index (χ1) is 14.0. The SMILES string of the molecule is CC(C)n1nc(C2=CC[N+](C)(Cc3ccccc3)N2c2ccccc2)ccc1=O. The molecule has 0 fully saturated rings. The van der Waals surface area contributed by atoms with Gasteiger partial charge in [0, 0.05) is 17.7 Å². The molecular weight excluding hydrogens is 360 g/mol. The first-order valence-corrected chi connectivity index (χ1v) is 10.0. The van der Waals surface area contributed by atoms with E-state index >= 15 is 0 Å². The zero-order valence-electron chi connectivity index (χ0n) is 17.2. The molecule has 1 atom stereocenters. The molecule has 5 heteroatoms. The lowest BCUT2D eigenvalue weighted by Gasteiger charge is -2.40. The van der Waals surface area contributed by atoms with Crippen molar-refractivity contribution in [3.63, 3.8) is 0 Å². The lowest BCUT2D eigenvalue weighted by molar-refractivity contribution is -0.915. The highest BCUT2D eigenvalue weighted by molar-refractivity contribution is 5.76. The third kappa shape index (κ3) is 3.74. The van der Waals surface area contributed by atoms with Gasteiger partial charge in [0.05, 0.1) is 18.8 Å². The van der Waals surface area contributed by atoms with Gasteiger partial charge >= 0.3 is 0 Å². The number of likely N-dealkylation sites (N-methyl/N-ethyl adjacent to an activating group) is 1. The predicted molar refractivity (Wildman–Crippen MR) is 117 cm³/mol. The third-order valence-electron chi connectivity index (χ3n) is 5.33. The van der Waals surface area contributed by atoms with Crippen molar-refractivity contribution in [2.45, 2.75) is 26.4 Å². The predicted octanol–water partition coefficient (Wildman–Crippen LogP) is 4.25. The summed E-state index contributed by atoms with van der Waals surface area (Å²) in [5, 5.41) is 7.01. The Morgan fingerprint density at radius 1 is 0.966 bits per heavy atom. The highest BCUT2D eigenvalue weighted by Gasteiger charge is 2.40. The molecule has 0 N–H and O–H groups in total. The van der Waals surface area contributed by atoms with Crippen molar-refractivity contribution in [3.05, 3.63) is 100 Å². The maximum Gasteiger partial charge on any atom is 0.267 e. The van der Waals surface area contributed by atoms with Gasteiger partial charge in [-0.25, -0.2) is 9.27 Å². The van der Waals surface area contributed by atoms with Gasteiger partial charge in [-0.1, -0.05) is 48.5 Å². The molecule has 0 bridgehead atoms. The standard InChI is InChI=1S/C24H27N4O/c1-19(2)26-24(29)15-14-22(25-26)23-16-17-28(3,18-20-10-6-4-7-11-20)27(23)21-12-8-5-9-13-21/h4-16,19H,17-18H2,1-3H3/q+1. The zero-order chi connectivity index (χ0) is 20.4. The van der Waals surface area contributed by atoms with Crippen LogP contribution in [0, 0.1) is 0 Å². The van der Waals surface area contributed by atoms with Gasteiger partial charge in [-0.3, -0.25) is 4.79 Å². The molecule has 148 valence electrons. The van der Waals surface area contributed by atoms with Crippen LogP contribution >= 0.6 is 0 Å². The Morgan fingerprint density at radius 2 is 1.62 bits per heavy atom. The Labute approximate surface area is 171 Å². The van der Waals surface area contributed by atoms with Crippen LogP contribution in [0.4, 0.5) is 5.69 Å². The van der Waals surface area contributed by atoms with Crippen molar-refractivity contribution in [1.29, 1.82) is 0 Å². The van der Waals surface area contributed by atoms with E-state index in [1.54, 1.807) is 10.7 Å². The van der Waals surface area contributed by atoms with Crippen LogP contribution in [0.2, 0.25) is 0 Å². The molecule has 1 aliphatic heterocycles. The molecule has 0 aliphatic carbocycles. The number of quaternary nitrogens is 1. The topological polar surface area (TPSA) is 38.1 Å². The Hall–Kier alpha value is -3.18. The molecule has 2 heterocycles. The van der Waals surface area contributed by atoms with E-state index in [4.69, 9.17) is 0 Å². The van der Waals surface area contributed by atoms with Crippen molar-refractivity contribution in [2.75, 3.05) is 18.6 Å². The first kappa shape index (κ1) is 19.2. The average molecular weight is 388 g/mol. The molecule has 2 aromatic carbocycles. The minimum Gasteiger partial charge on any atom is -0.268 e. The van der Waals surface area contributed by atoms with Crippen molar-refractivity contribution in [1.82, 2.24) is 9.78 Å². The molecule has 0 amide bonds. The third-order valence-corrected chi connectivity index (χ3v) is 5.33. The van der Waals surface area contributed by atoms with Crippen molar-refractivity contribution in [3.8, 4) is 0 Å². The number of aromatic nitrogens is 2. The number of anilines is 1. The van der Waals surface area contributed by atoms with Gasteiger partial charge in [-0.05, 0) is 32.0 Å². The number of hydrogen-bond acceptors (Lipinski definition) is 3. The van der Waals surface area contributed by atoms with E-state index in [2.05, 4.69) is 71.8 Å². The summed E-state index contributed by atoms with van der Waals surface area (Å²) in [5.74, 6) is 0. The fraction of sp³-hybridized carbons (Fsp3) is 0.250. The molecule has 4 rings (SSSR count). The Kier molecular flexibility index (Phi) is 5.07. The number of hydrogen-bond donors (Lipinski definition) is 0. The van der Waals surface area contributed by atoms with E-state index in [9.17, 15) is 4.79 Å². The van der Waals surface area contributed by atoms with Gasteiger partial charge in [0.2, 0.25) is 0 Å². The normalized spacial score (nSPS) is 18.9. The molecule has 1 unspecified atom stereocenters. The minimum absolute atomic E-state index is 0.0137. The fourth-order valence-electron chi connectivity index (χ4n) is 3.96. The molecule has 0 radical (unpaired) electrons. The maximum absolute atomic E-state index is 12.2. The highest BCUT2D eigenvalue weighted by Crippen LogP contribution is 2.36. The number of benzene rings is 2. The highest BCUT2D eigenvalue weighted by atomic mass is 16.1. The Balaban J connectivity index is 1.78. The van der Waals surface area contributed by atoms with Gasteiger partial charge in [-0.15, -0.1) is 0 Å². The van der Waals surface area contributed by atoms with Crippen LogP contribution in [0.1, 0.15) is 31.1 Å². The van der Waals surface area contributed by atoms with E-state index in [-0.39, 0.29) is 11.6 Å². The summed E-state index contributed by atoms with van der Waals surface area (Å²) in [6.45, 7) is 5.67. The second-order valence-corrected chi connectivity index (χ2v) is 8.00. The molecular formula is C24H27N4O+. The number of rotatable bonds is 5. The fourth-order valence-corrected chi connectivity index (χ4v) is 3.96. The summed E-state index contributed by atoms with van der Waals surface area (Å²) < 4.78 is 2.24. The average Bonchev–Trinajstić information content (AvgIpc) is 3.06. The van der Waals surface area contributed by atoms with E-state index in [0.717, 1.165) is 30.2 Å². The van der Waals surface area contributed by atoms with E-state index in [0.29, 0.717) is 4.59 Å². The van der Waals surface area contributed by atoms with Gasteiger partial charge in [0.1, 0.15) is 24.5 Å². The van der Waals surface area contributed by atoms with Crippen LogP contribution in [-0.2, 0) is 6.54 Å². The molecule has 0 saturated carbocycles. The molecule has 0 saturated heterocycles. The Bertz CT molecular complexity index is 1070. The van der Waals surface area contributed by atoms with Crippen molar-refractivity contribution < 1.29 is 4.59 Å². The molecule has 5 nitrogen and oxygen atoms in total. The van der Waals surface area contributed by atoms with Gasteiger partial charge in [-0.2, -0.15) is 10.1 Å². The summed E-state index contributed by atoms with van der Waals surface area (Å²) in [6.07, 6.45) is 2.23. The van der Waals surface area contributed by atoms with Crippen molar-refractivity contribution >= 4 is 11.4 Å². The monoisotopic (exact) mass is 387 g/mol. The molecule has 1 aliphatic rings. The summed E-state index contributed by atoms with van der Waals surface area (Å²) in [7, 11) is 2.24. The van der Waals surface area contributed by atoms with Crippen LogP contribution in [0.3, 0.4) is 0 Å². The summed E-state index contributed by atoms with van der Waals surface area (Å²) in [4.78, 5) is 12.2. The van der Waals surface area contributed by atoms with Crippen LogP contribution in [-0.4, -0.2) is 28.0 Å². The molecule has 1 aromatic heterocycles. The van der Waals surface area contributed by atoms with Crippen LogP contribution in [0.5, 0.6) is 0 Å². The maximum atomic E-state index is 12.2. The van der Waals surface area contributed by atoms with Crippen LogP contribution < -0.4 is 10.6 Å². The van der Waals surface area contributed by atoms with Crippen molar-refractivity contribution in [2.24, 2.45) is 0 Å². The second-order valence-electron chi connectivity index (χ2n) is 8.00. The Morgan fingerprint density at radius 3 is 2.28 bits per heavy atom. The van der Waals surface area contributed by atoms with Gasteiger partial charge in [0.15, 0.2) is 0 Å². The quantitative estimate of drug-likeness (QED) is 0.615. The number of para-hydroxylation sites is 1. The first-order valence-electron chi connectivity index (χ1n) is 10.0. The molecule has 0 spiro atoms. The second kappa shape index (κ2) is 7.68. The minimum atomic E-state index is -0.0739. The molecule has 3 aromatic rings. The summed E-state index contributed by atoms with van der Waals surface area (Å²) >= 11 is 0. The summed E-state index contributed by atoms with van der Waals surface area (Å²) in [5.41, 5.74) is 4.17. The lowest BCUT2D eigenvalue weighted by atomic mass is 10.2. The van der Waals surface area contributed by atoms with Crippen LogP contribution in [0.15, 0.2) is 83.7 Å². The molecule has 29 heavy (non-hydrogen) atoms. The number of nitrogens with zero attached hydrogens (tertiary/aromatic N) is 4. The van der Waals surface area contributed by atoms with E-state index in [1.165, 1.54) is 5.56 Å². The van der Waals surface area contributed by atoms with Gasteiger partial charge in [0.25, 0.3) is 5.56 Å². The van der Waals surface area contributed by atoms with E-state index < -0.39 is 0 Å². The van der Waals surface area contributed by atoms with Gasteiger partial charge < -0.3 is 0 Å². The smallest absolute Gasteiger partial charge is 0.267 e. The zero-order valence-corrected chi connectivity index (χ0v) is 17.2.